The van der Waals surface area contributed by atoms with Crippen LogP contribution in [0.5, 0.6) is 0 Å². The average Bonchev–Trinajstić information content (AvgIpc) is 2.72. The smallest absolute Gasteiger partial charge is 0.270 e. The summed E-state index contributed by atoms with van der Waals surface area (Å²) in [6, 6.07) is 10.9. The maximum Gasteiger partial charge on any atom is 0.270 e. The third-order valence-corrected chi connectivity index (χ3v) is 7.34. The number of halogens is 2. The van der Waals surface area contributed by atoms with Crippen LogP contribution in [-0.4, -0.2) is 29.5 Å². The molecule has 2 heterocycles. The summed E-state index contributed by atoms with van der Waals surface area (Å²) < 4.78 is 0. The van der Waals surface area contributed by atoms with E-state index in [4.69, 9.17) is 35.4 Å². The molecule has 0 radical (unpaired) electrons. The fourth-order valence-electron chi connectivity index (χ4n) is 4.39. The van der Waals surface area contributed by atoms with Gasteiger partial charge in [-0.15, -0.1) is 0 Å². The van der Waals surface area contributed by atoms with Gasteiger partial charge in [0.25, 0.3) is 11.8 Å². The van der Waals surface area contributed by atoms with Crippen molar-refractivity contribution in [3.63, 3.8) is 0 Å². The SMILES string of the molecule is C[C@H]1CC(C)(C)N(C)c2ccc(/C=C3\C(=O)NC(=S)N(c4cccc(Cl)c4Cl)C3=O)cc21. The molecule has 0 spiro atoms. The lowest BCUT2D eigenvalue weighted by Crippen LogP contribution is -2.54. The van der Waals surface area contributed by atoms with Crippen LogP contribution in [0.4, 0.5) is 11.4 Å². The highest BCUT2D eigenvalue weighted by Crippen LogP contribution is 2.43. The lowest BCUT2D eigenvalue weighted by atomic mass is 9.80. The van der Waals surface area contributed by atoms with E-state index in [-0.39, 0.29) is 26.3 Å². The Labute approximate surface area is 203 Å². The maximum absolute atomic E-state index is 13.3. The fourth-order valence-corrected chi connectivity index (χ4v) is 5.05. The molecule has 32 heavy (non-hydrogen) atoms. The van der Waals surface area contributed by atoms with Gasteiger partial charge in [0.05, 0.1) is 15.7 Å². The predicted octanol–water partition coefficient (Wildman–Crippen LogP) is 5.55. The first kappa shape index (κ1) is 22.8. The van der Waals surface area contributed by atoms with E-state index in [9.17, 15) is 9.59 Å². The van der Waals surface area contributed by atoms with Gasteiger partial charge in [0.15, 0.2) is 5.11 Å². The number of rotatable bonds is 2. The Hall–Kier alpha value is -2.41. The van der Waals surface area contributed by atoms with E-state index in [0.717, 1.165) is 17.7 Å². The van der Waals surface area contributed by atoms with E-state index < -0.39 is 11.8 Å². The Bertz CT molecular complexity index is 1190. The Balaban J connectivity index is 1.75. The number of thiocarbonyl (C=S) groups is 1. The van der Waals surface area contributed by atoms with Gasteiger partial charge in [0.2, 0.25) is 0 Å². The molecule has 166 valence electrons. The molecule has 2 amide bonds. The van der Waals surface area contributed by atoms with Crippen LogP contribution in [0, 0.1) is 0 Å². The van der Waals surface area contributed by atoms with E-state index in [1.165, 1.54) is 10.5 Å². The number of nitrogens with one attached hydrogen (secondary N) is 1. The molecule has 1 fully saturated rings. The molecule has 2 aliphatic rings. The topological polar surface area (TPSA) is 52.7 Å². The van der Waals surface area contributed by atoms with Crippen molar-refractivity contribution in [1.82, 2.24) is 5.32 Å². The summed E-state index contributed by atoms with van der Waals surface area (Å²) in [6.07, 6.45) is 2.60. The van der Waals surface area contributed by atoms with Crippen LogP contribution in [0.1, 0.15) is 44.2 Å². The first-order valence-electron chi connectivity index (χ1n) is 10.2. The van der Waals surface area contributed by atoms with Crippen molar-refractivity contribution in [2.45, 2.75) is 38.6 Å². The number of fused-ring (bicyclic) bond motifs is 1. The van der Waals surface area contributed by atoms with Gasteiger partial charge < -0.3 is 4.90 Å². The molecular weight excluding hydrogens is 465 g/mol. The van der Waals surface area contributed by atoms with Gasteiger partial charge in [-0.2, -0.15) is 0 Å². The molecule has 8 heteroatoms. The first-order valence-corrected chi connectivity index (χ1v) is 11.4. The minimum atomic E-state index is -0.549. The highest BCUT2D eigenvalue weighted by molar-refractivity contribution is 7.80. The molecule has 0 aromatic heterocycles. The quantitative estimate of drug-likeness (QED) is 0.342. The minimum absolute atomic E-state index is 0.0215. The molecule has 0 unspecified atom stereocenters. The van der Waals surface area contributed by atoms with Crippen molar-refractivity contribution in [2.24, 2.45) is 0 Å². The van der Waals surface area contributed by atoms with Gasteiger partial charge in [-0.3, -0.25) is 19.8 Å². The zero-order valence-electron chi connectivity index (χ0n) is 18.2. The zero-order valence-corrected chi connectivity index (χ0v) is 20.5. The van der Waals surface area contributed by atoms with E-state index >= 15 is 0 Å². The van der Waals surface area contributed by atoms with Crippen LogP contribution in [0.25, 0.3) is 6.08 Å². The van der Waals surface area contributed by atoms with Crippen LogP contribution < -0.4 is 15.1 Å². The zero-order chi connectivity index (χ0) is 23.4. The lowest BCUT2D eigenvalue weighted by Gasteiger charge is -2.45. The van der Waals surface area contributed by atoms with E-state index in [1.54, 1.807) is 24.3 Å². The highest BCUT2D eigenvalue weighted by atomic mass is 35.5. The summed E-state index contributed by atoms with van der Waals surface area (Å²) in [5.41, 5.74) is 3.47. The number of carbonyl (C=O) groups excluding carboxylic acids is 2. The molecule has 2 aromatic rings. The molecule has 2 aliphatic heterocycles. The van der Waals surface area contributed by atoms with E-state index in [0.29, 0.717) is 11.6 Å². The monoisotopic (exact) mass is 487 g/mol. The molecular formula is C24H23Cl2N3O2S. The number of benzene rings is 2. The van der Waals surface area contributed by atoms with Crippen molar-refractivity contribution in [3.05, 3.63) is 63.1 Å². The largest absolute Gasteiger partial charge is 0.369 e. The highest BCUT2D eigenvalue weighted by Gasteiger charge is 2.37. The molecule has 1 saturated heterocycles. The molecule has 1 atom stereocenters. The molecule has 5 nitrogen and oxygen atoms in total. The van der Waals surface area contributed by atoms with Crippen LogP contribution in [0.2, 0.25) is 10.0 Å². The summed E-state index contributed by atoms with van der Waals surface area (Å²) in [6.45, 7) is 6.65. The van der Waals surface area contributed by atoms with Crippen LogP contribution in [-0.2, 0) is 9.59 Å². The van der Waals surface area contributed by atoms with Gasteiger partial charge >= 0.3 is 0 Å². The fraction of sp³-hybridized carbons (Fsp3) is 0.292. The normalized spacial score (nSPS) is 21.6. The van der Waals surface area contributed by atoms with Crippen molar-refractivity contribution in [2.75, 3.05) is 16.8 Å². The molecule has 1 N–H and O–H groups in total. The molecule has 0 aliphatic carbocycles. The Morgan fingerprint density at radius 2 is 1.88 bits per heavy atom. The van der Waals surface area contributed by atoms with Crippen molar-refractivity contribution in [3.8, 4) is 0 Å². The van der Waals surface area contributed by atoms with E-state index in [1.807, 2.05) is 18.2 Å². The second-order valence-corrected chi connectivity index (χ2v) is 10.00. The Kier molecular flexibility index (Phi) is 5.82. The number of anilines is 2. The van der Waals surface area contributed by atoms with Gasteiger partial charge in [-0.05, 0) is 79.9 Å². The number of nitrogens with zero attached hydrogens (tertiary/aromatic N) is 2. The van der Waals surface area contributed by atoms with Gasteiger partial charge in [0, 0.05) is 18.3 Å². The van der Waals surface area contributed by atoms with Gasteiger partial charge in [-0.25, -0.2) is 0 Å². The summed E-state index contributed by atoms with van der Waals surface area (Å²) >= 11 is 17.7. The third-order valence-electron chi connectivity index (χ3n) is 6.24. The standard InChI is InChI=1S/C24H23Cl2N3O2S/c1-13-12-24(2,3)28(4)18-9-8-14(10-15(13)18)11-16-21(30)27-23(32)29(22(16)31)19-7-5-6-17(25)20(19)26/h5-11,13H,12H2,1-4H3,(H,27,30,32)/b16-11+/t13-/m0/s1. The summed E-state index contributed by atoms with van der Waals surface area (Å²) in [4.78, 5) is 29.4. The van der Waals surface area contributed by atoms with Gasteiger partial charge in [-0.1, -0.05) is 42.3 Å². The lowest BCUT2D eigenvalue weighted by molar-refractivity contribution is -0.122. The molecule has 4 rings (SSSR count). The number of hydrogen-bond donors (Lipinski definition) is 1. The van der Waals surface area contributed by atoms with Gasteiger partial charge in [0.1, 0.15) is 5.57 Å². The molecule has 0 saturated carbocycles. The number of carbonyl (C=O) groups is 2. The van der Waals surface area contributed by atoms with Crippen molar-refractivity contribution >= 4 is 69.8 Å². The number of amides is 2. The summed E-state index contributed by atoms with van der Waals surface area (Å²) in [5.74, 6) is -0.745. The summed E-state index contributed by atoms with van der Waals surface area (Å²) in [7, 11) is 2.09. The molecule has 2 aromatic carbocycles. The van der Waals surface area contributed by atoms with Crippen LogP contribution in [0.15, 0.2) is 42.0 Å². The predicted molar refractivity (Wildman–Crippen MR) is 135 cm³/mol. The Morgan fingerprint density at radius 1 is 1.16 bits per heavy atom. The van der Waals surface area contributed by atoms with Crippen LogP contribution in [0.3, 0.4) is 0 Å². The number of hydrogen-bond acceptors (Lipinski definition) is 4. The second kappa shape index (κ2) is 8.18. The van der Waals surface area contributed by atoms with Crippen LogP contribution >= 0.6 is 35.4 Å². The Morgan fingerprint density at radius 3 is 2.59 bits per heavy atom. The third kappa shape index (κ3) is 3.81. The molecule has 0 bridgehead atoms. The minimum Gasteiger partial charge on any atom is -0.369 e. The first-order chi connectivity index (χ1) is 15.0. The van der Waals surface area contributed by atoms with E-state index in [2.05, 4.69) is 38.0 Å². The van der Waals surface area contributed by atoms with Crippen molar-refractivity contribution in [1.29, 1.82) is 0 Å². The second-order valence-electron chi connectivity index (χ2n) is 8.83. The average molecular weight is 488 g/mol. The van der Waals surface area contributed by atoms with Crippen molar-refractivity contribution < 1.29 is 9.59 Å². The summed E-state index contributed by atoms with van der Waals surface area (Å²) in [5, 5.41) is 3.02. The maximum atomic E-state index is 13.3.